The van der Waals surface area contributed by atoms with Gasteiger partial charge in [0, 0.05) is 30.0 Å². The summed E-state index contributed by atoms with van der Waals surface area (Å²) in [5.74, 6) is 1.89. The lowest BCUT2D eigenvalue weighted by Crippen LogP contribution is -2.40. The smallest absolute Gasteiger partial charge is 0.323 e. The van der Waals surface area contributed by atoms with Crippen molar-refractivity contribution in [3.05, 3.63) is 106 Å². The molecule has 0 saturated carbocycles. The number of aldehydes is 1. The predicted molar refractivity (Wildman–Crippen MR) is 184 cm³/mol. The first kappa shape index (κ1) is 34.4. The summed E-state index contributed by atoms with van der Waals surface area (Å²) in [6.45, 7) is 9.74. The van der Waals surface area contributed by atoms with E-state index >= 15 is 0 Å². The van der Waals surface area contributed by atoms with Crippen molar-refractivity contribution >= 4 is 46.8 Å². The van der Waals surface area contributed by atoms with Gasteiger partial charge in [-0.25, -0.2) is 9.79 Å². The number of anilines is 2. The second-order valence-corrected chi connectivity index (χ2v) is 10.9. The number of hydrogen-bond donors (Lipinski definition) is 3. The van der Waals surface area contributed by atoms with E-state index in [0.29, 0.717) is 35.5 Å². The predicted octanol–water partition coefficient (Wildman–Crippen LogP) is 5.30. The van der Waals surface area contributed by atoms with Crippen LogP contribution in [0, 0.1) is 44.1 Å². The molecular formula is C37H34N6O5. The van der Waals surface area contributed by atoms with Crippen molar-refractivity contribution in [2.45, 2.75) is 40.7 Å². The minimum absolute atomic E-state index is 0.0759. The van der Waals surface area contributed by atoms with Gasteiger partial charge < -0.3 is 25.6 Å². The monoisotopic (exact) mass is 642 g/mol. The highest BCUT2D eigenvalue weighted by Crippen LogP contribution is 2.27. The Labute approximate surface area is 279 Å². The van der Waals surface area contributed by atoms with Crippen LogP contribution in [-0.4, -0.2) is 42.4 Å². The number of nitrogens with zero attached hydrogens (tertiary/aromatic N) is 3. The topological polar surface area (TPSA) is 153 Å². The Morgan fingerprint density at radius 3 is 2.35 bits per heavy atom. The molecule has 0 bridgehead atoms. The number of amides is 3. The van der Waals surface area contributed by atoms with Crippen LogP contribution in [0.4, 0.5) is 21.9 Å². The van der Waals surface area contributed by atoms with Crippen LogP contribution in [0.15, 0.2) is 89.2 Å². The number of rotatable bonds is 9. The number of urea groups is 1. The van der Waals surface area contributed by atoms with E-state index in [9.17, 15) is 19.2 Å². The molecule has 0 saturated heterocycles. The number of carbonyl (C=O) groups excluding carboxylic acids is 4. The molecule has 11 nitrogen and oxygen atoms in total. The Kier molecular flexibility index (Phi) is 11.3. The Morgan fingerprint density at radius 1 is 0.958 bits per heavy atom. The molecule has 48 heavy (non-hydrogen) atoms. The van der Waals surface area contributed by atoms with Crippen molar-refractivity contribution in [3.8, 4) is 23.8 Å². The van der Waals surface area contributed by atoms with Gasteiger partial charge in [-0.1, -0.05) is 17.7 Å². The van der Waals surface area contributed by atoms with E-state index in [-0.39, 0.29) is 17.1 Å². The summed E-state index contributed by atoms with van der Waals surface area (Å²) in [6.07, 6.45) is 2.18. The van der Waals surface area contributed by atoms with Crippen molar-refractivity contribution in [2.24, 2.45) is 4.99 Å². The number of nitriles is 1. The number of carbonyl (C=O) groups is 4. The van der Waals surface area contributed by atoms with Crippen LogP contribution >= 0.6 is 0 Å². The highest BCUT2D eigenvalue weighted by Gasteiger charge is 2.25. The third-order valence-electron chi connectivity index (χ3n) is 7.19. The fourth-order valence-corrected chi connectivity index (χ4v) is 4.67. The Balaban J connectivity index is 1.63. The number of benzene rings is 3. The molecule has 242 valence electrons. The lowest BCUT2D eigenvalue weighted by Gasteiger charge is -2.21. The summed E-state index contributed by atoms with van der Waals surface area (Å²) in [5.41, 5.74) is 5.07. The molecule has 1 aliphatic carbocycles. The van der Waals surface area contributed by atoms with Gasteiger partial charge in [0.25, 0.3) is 5.91 Å². The molecule has 3 N–H and O–H groups in total. The normalized spacial score (nSPS) is 13.5. The summed E-state index contributed by atoms with van der Waals surface area (Å²) >= 11 is 0. The average molecular weight is 643 g/mol. The van der Waals surface area contributed by atoms with Gasteiger partial charge in [0.2, 0.25) is 5.78 Å². The van der Waals surface area contributed by atoms with Crippen LogP contribution in [0.2, 0.25) is 0 Å². The number of ether oxygens (including phenoxy) is 1. The molecule has 1 unspecified atom stereocenters. The summed E-state index contributed by atoms with van der Waals surface area (Å²) in [4.78, 5) is 56.5. The zero-order valence-electron chi connectivity index (χ0n) is 27.2. The van der Waals surface area contributed by atoms with Gasteiger partial charge in [-0.05, 0) is 106 Å². The van der Waals surface area contributed by atoms with Crippen molar-refractivity contribution in [2.75, 3.05) is 16.8 Å². The SMILES string of the molecule is CCN(C#CC=O)c1ccc(N=C2C=C(NC(=O)Nc3ccc(C#N)cc3)C(=O)C=C2NC(=O)C(C)Oc2ccc(C)cc2C)c(C)c1. The Hall–Kier alpha value is -6.46. The lowest BCUT2D eigenvalue weighted by atomic mass is 10.0. The third-order valence-corrected chi connectivity index (χ3v) is 7.19. The number of hydrogen-bond acceptors (Lipinski definition) is 8. The Bertz CT molecular complexity index is 1960. The first-order chi connectivity index (χ1) is 23.0. The molecule has 11 heteroatoms. The summed E-state index contributed by atoms with van der Waals surface area (Å²) < 4.78 is 5.92. The van der Waals surface area contributed by atoms with E-state index < -0.39 is 23.8 Å². The third kappa shape index (κ3) is 8.83. The molecule has 3 aromatic carbocycles. The summed E-state index contributed by atoms with van der Waals surface area (Å²) in [7, 11) is 0. The van der Waals surface area contributed by atoms with Gasteiger partial charge in [-0.15, -0.1) is 0 Å². The van der Waals surface area contributed by atoms with Crippen LogP contribution in [0.3, 0.4) is 0 Å². The highest BCUT2D eigenvalue weighted by atomic mass is 16.5. The van der Waals surface area contributed by atoms with E-state index in [4.69, 9.17) is 15.0 Å². The van der Waals surface area contributed by atoms with Crippen LogP contribution < -0.4 is 25.6 Å². The molecular weight excluding hydrogens is 608 g/mol. The number of aryl methyl sites for hydroxylation is 3. The van der Waals surface area contributed by atoms with Gasteiger partial charge in [0.15, 0.2) is 12.4 Å². The van der Waals surface area contributed by atoms with Crippen molar-refractivity contribution in [1.29, 1.82) is 5.26 Å². The van der Waals surface area contributed by atoms with Crippen molar-refractivity contribution in [1.82, 2.24) is 10.6 Å². The van der Waals surface area contributed by atoms with E-state index in [0.717, 1.165) is 22.4 Å². The van der Waals surface area contributed by atoms with Crippen LogP contribution in [0.5, 0.6) is 5.75 Å². The second kappa shape index (κ2) is 15.7. The number of allylic oxidation sites excluding steroid dienone is 2. The maximum Gasteiger partial charge on any atom is 0.323 e. The zero-order chi connectivity index (χ0) is 34.8. The molecule has 1 atom stereocenters. The molecule has 0 aliphatic heterocycles. The van der Waals surface area contributed by atoms with Crippen LogP contribution in [-0.2, 0) is 14.4 Å². The second-order valence-electron chi connectivity index (χ2n) is 10.9. The molecule has 1 aliphatic rings. The van der Waals surface area contributed by atoms with Gasteiger partial charge >= 0.3 is 6.03 Å². The first-order valence-corrected chi connectivity index (χ1v) is 15.0. The van der Waals surface area contributed by atoms with Crippen molar-refractivity contribution < 1.29 is 23.9 Å². The molecule has 0 fully saturated rings. The molecule has 0 aromatic heterocycles. The zero-order valence-corrected chi connectivity index (χ0v) is 27.2. The van der Waals surface area contributed by atoms with E-state index in [1.807, 2.05) is 52.0 Å². The van der Waals surface area contributed by atoms with Gasteiger partial charge in [0.05, 0.1) is 34.4 Å². The molecule has 4 rings (SSSR count). The summed E-state index contributed by atoms with van der Waals surface area (Å²) in [6, 6.07) is 21.4. The maximum atomic E-state index is 13.3. The number of nitrogens with one attached hydrogen (secondary N) is 3. The van der Waals surface area contributed by atoms with Crippen LogP contribution in [0.25, 0.3) is 0 Å². The van der Waals surface area contributed by atoms with E-state index in [1.165, 1.54) is 12.2 Å². The minimum Gasteiger partial charge on any atom is -0.481 e. The highest BCUT2D eigenvalue weighted by molar-refractivity contribution is 6.24. The Morgan fingerprint density at radius 2 is 1.71 bits per heavy atom. The minimum atomic E-state index is -0.918. The maximum absolute atomic E-state index is 13.3. The molecule has 3 aromatic rings. The van der Waals surface area contributed by atoms with Gasteiger partial charge in [-0.2, -0.15) is 5.26 Å². The first-order valence-electron chi connectivity index (χ1n) is 15.0. The standard InChI is InChI=1S/C37H34N6O5/c1-6-43(16-7-17-44)29-13-14-30(24(3)19-29)40-31-20-33(42-37(47)39-28-11-9-27(22-38)10-12-28)34(45)21-32(31)41-36(46)26(5)48-35-15-8-23(2)18-25(35)4/h8-15,17-21,26H,6H2,1-5H3,(H,41,46)(H2,39,42,47). The van der Waals surface area contributed by atoms with E-state index in [1.54, 1.807) is 54.3 Å². The molecule has 0 heterocycles. The molecule has 0 spiro atoms. The summed E-state index contributed by atoms with van der Waals surface area (Å²) in [5, 5.41) is 17.0. The average Bonchev–Trinajstić information content (AvgIpc) is 3.06. The number of aliphatic imine (C=N–C) groups is 1. The van der Waals surface area contributed by atoms with Crippen molar-refractivity contribution in [3.63, 3.8) is 0 Å². The molecule has 0 radical (unpaired) electrons. The van der Waals surface area contributed by atoms with Gasteiger partial charge in [-0.3, -0.25) is 14.4 Å². The molecule has 3 amide bonds. The quantitative estimate of drug-likeness (QED) is 0.124. The number of ketones is 1. The fourth-order valence-electron chi connectivity index (χ4n) is 4.67. The van der Waals surface area contributed by atoms with E-state index in [2.05, 4.69) is 27.9 Å². The largest absolute Gasteiger partial charge is 0.481 e. The lowest BCUT2D eigenvalue weighted by molar-refractivity contribution is -0.126. The van der Waals surface area contributed by atoms with Crippen LogP contribution in [0.1, 0.15) is 36.1 Å². The van der Waals surface area contributed by atoms with Gasteiger partial charge in [0.1, 0.15) is 5.75 Å². The fraction of sp³-hybridized carbons (Fsp3) is 0.189.